The van der Waals surface area contributed by atoms with Crippen LogP contribution in [0.3, 0.4) is 0 Å². The summed E-state index contributed by atoms with van der Waals surface area (Å²) in [7, 11) is 0. The van der Waals surface area contributed by atoms with Crippen molar-refractivity contribution in [2.24, 2.45) is 5.10 Å². The van der Waals surface area contributed by atoms with Gasteiger partial charge in [-0.1, -0.05) is 29.3 Å². The molecule has 0 aliphatic heterocycles. The van der Waals surface area contributed by atoms with Crippen LogP contribution in [0.2, 0.25) is 10.0 Å². The molecule has 21 heavy (non-hydrogen) atoms. The van der Waals surface area contributed by atoms with Crippen molar-refractivity contribution in [3.63, 3.8) is 0 Å². The number of hydrazone groups is 1. The molecule has 0 aromatic heterocycles. The first kappa shape index (κ1) is 15.4. The summed E-state index contributed by atoms with van der Waals surface area (Å²) in [5.41, 5.74) is 4.04. The highest BCUT2D eigenvalue weighted by Gasteiger charge is 2.09. The van der Waals surface area contributed by atoms with Crippen LogP contribution < -0.4 is 5.43 Å². The Hall–Kier alpha value is -2.04. The molecule has 2 aromatic rings. The number of carbonyl (C=O) groups is 1. The summed E-state index contributed by atoms with van der Waals surface area (Å²) in [6.07, 6.45) is 1.31. The van der Waals surface area contributed by atoms with Crippen molar-refractivity contribution >= 4 is 35.3 Å². The van der Waals surface area contributed by atoms with Gasteiger partial charge in [-0.15, -0.1) is 0 Å². The number of phenols is 1. The Morgan fingerprint density at radius 3 is 2.71 bits per heavy atom. The highest BCUT2D eigenvalue weighted by atomic mass is 35.5. The molecular weight excluding hydrogens is 311 g/mol. The first-order chi connectivity index (χ1) is 9.97. The van der Waals surface area contributed by atoms with Gasteiger partial charge in [0.2, 0.25) is 0 Å². The molecule has 108 valence electrons. The lowest BCUT2D eigenvalue weighted by Gasteiger charge is -2.04. The maximum atomic E-state index is 11.9. The molecule has 6 heteroatoms. The summed E-state index contributed by atoms with van der Waals surface area (Å²) in [5, 5.41) is 14.2. The van der Waals surface area contributed by atoms with Gasteiger partial charge in [0.15, 0.2) is 0 Å². The molecule has 0 radical (unpaired) electrons. The van der Waals surface area contributed by atoms with Crippen LogP contribution in [0.5, 0.6) is 5.75 Å². The molecule has 0 bridgehead atoms. The lowest BCUT2D eigenvalue weighted by molar-refractivity contribution is 0.0955. The second-order valence-electron chi connectivity index (χ2n) is 4.39. The Balaban J connectivity index is 2.10. The van der Waals surface area contributed by atoms with Crippen LogP contribution in [0.1, 0.15) is 21.5 Å². The minimum Gasteiger partial charge on any atom is -0.507 e. The van der Waals surface area contributed by atoms with Gasteiger partial charge in [0.1, 0.15) is 5.75 Å². The van der Waals surface area contributed by atoms with Crippen molar-refractivity contribution in [3.05, 3.63) is 63.1 Å². The fourth-order valence-corrected chi connectivity index (χ4v) is 2.16. The Morgan fingerprint density at radius 2 is 2.00 bits per heavy atom. The maximum Gasteiger partial charge on any atom is 0.272 e. The summed E-state index contributed by atoms with van der Waals surface area (Å²) < 4.78 is 0. The molecular formula is C15H12Cl2N2O2. The largest absolute Gasteiger partial charge is 0.507 e. The van der Waals surface area contributed by atoms with E-state index in [4.69, 9.17) is 23.2 Å². The lowest BCUT2D eigenvalue weighted by Crippen LogP contribution is -2.18. The van der Waals surface area contributed by atoms with Gasteiger partial charge in [0.05, 0.1) is 16.8 Å². The third-order valence-electron chi connectivity index (χ3n) is 2.73. The second-order valence-corrected chi connectivity index (χ2v) is 5.23. The van der Waals surface area contributed by atoms with E-state index in [2.05, 4.69) is 10.5 Å². The molecule has 0 aliphatic carbocycles. The van der Waals surface area contributed by atoms with Crippen molar-refractivity contribution in [1.82, 2.24) is 5.43 Å². The van der Waals surface area contributed by atoms with Gasteiger partial charge in [0, 0.05) is 10.6 Å². The average molecular weight is 323 g/mol. The second kappa shape index (κ2) is 6.61. The highest BCUT2D eigenvalue weighted by molar-refractivity contribution is 6.34. The molecule has 0 saturated heterocycles. The van der Waals surface area contributed by atoms with E-state index >= 15 is 0 Å². The van der Waals surface area contributed by atoms with E-state index in [1.807, 2.05) is 6.92 Å². The van der Waals surface area contributed by atoms with E-state index in [1.54, 1.807) is 24.3 Å². The number of hydrogen-bond donors (Lipinski definition) is 2. The van der Waals surface area contributed by atoms with Crippen molar-refractivity contribution in [1.29, 1.82) is 0 Å². The fraction of sp³-hybridized carbons (Fsp3) is 0.0667. The molecule has 2 N–H and O–H groups in total. The fourth-order valence-electron chi connectivity index (χ4n) is 1.65. The minimum absolute atomic E-state index is 0.0192. The number of amides is 1. The third kappa shape index (κ3) is 3.97. The predicted molar refractivity (Wildman–Crippen MR) is 84.4 cm³/mol. The van der Waals surface area contributed by atoms with Crippen LogP contribution >= 0.6 is 23.2 Å². The van der Waals surface area contributed by atoms with Gasteiger partial charge in [-0.3, -0.25) is 4.79 Å². The summed E-state index contributed by atoms with van der Waals surface area (Å²) in [6.45, 7) is 1.88. The molecule has 2 aromatic carbocycles. The van der Waals surface area contributed by atoms with Crippen molar-refractivity contribution in [3.8, 4) is 5.75 Å². The number of aryl methyl sites for hydroxylation is 1. The first-order valence-electron chi connectivity index (χ1n) is 6.05. The van der Waals surface area contributed by atoms with E-state index in [0.29, 0.717) is 21.2 Å². The Morgan fingerprint density at radius 1 is 1.24 bits per heavy atom. The van der Waals surface area contributed by atoms with E-state index in [-0.39, 0.29) is 5.75 Å². The minimum atomic E-state index is -0.433. The molecule has 1 amide bonds. The molecule has 0 aliphatic rings. The number of rotatable bonds is 3. The smallest absolute Gasteiger partial charge is 0.272 e. The monoisotopic (exact) mass is 322 g/mol. The van der Waals surface area contributed by atoms with Gasteiger partial charge in [0.25, 0.3) is 5.91 Å². The van der Waals surface area contributed by atoms with Crippen LogP contribution in [0.4, 0.5) is 0 Å². The third-order valence-corrected chi connectivity index (χ3v) is 3.28. The Bertz CT molecular complexity index is 715. The zero-order valence-corrected chi connectivity index (χ0v) is 12.6. The van der Waals surface area contributed by atoms with E-state index in [0.717, 1.165) is 5.56 Å². The zero-order valence-electron chi connectivity index (χ0n) is 11.1. The molecule has 0 spiro atoms. The summed E-state index contributed by atoms with van der Waals surface area (Å²) in [4.78, 5) is 11.9. The van der Waals surface area contributed by atoms with Gasteiger partial charge in [-0.25, -0.2) is 5.43 Å². The van der Waals surface area contributed by atoms with E-state index in [9.17, 15) is 9.90 Å². The van der Waals surface area contributed by atoms with Crippen LogP contribution in [-0.2, 0) is 0 Å². The van der Waals surface area contributed by atoms with E-state index in [1.165, 1.54) is 18.3 Å². The van der Waals surface area contributed by atoms with Crippen molar-refractivity contribution in [2.75, 3.05) is 0 Å². The van der Waals surface area contributed by atoms with Crippen LogP contribution in [-0.4, -0.2) is 17.2 Å². The number of aromatic hydroxyl groups is 1. The van der Waals surface area contributed by atoms with Gasteiger partial charge in [-0.2, -0.15) is 5.10 Å². The molecule has 4 nitrogen and oxygen atoms in total. The van der Waals surface area contributed by atoms with Crippen LogP contribution in [0.25, 0.3) is 0 Å². The number of nitrogens with zero attached hydrogens (tertiary/aromatic N) is 1. The molecule has 0 fully saturated rings. The van der Waals surface area contributed by atoms with Gasteiger partial charge >= 0.3 is 0 Å². The number of phenolic OH excluding ortho intramolecular Hbond substituents is 1. The number of halogens is 2. The number of hydrogen-bond acceptors (Lipinski definition) is 3. The van der Waals surface area contributed by atoms with Crippen LogP contribution in [0, 0.1) is 6.92 Å². The molecule has 0 atom stereocenters. The quantitative estimate of drug-likeness (QED) is 0.667. The number of benzene rings is 2. The lowest BCUT2D eigenvalue weighted by atomic mass is 10.1. The summed E-state index contributed by atoms with van der Waals surface area (Å²) in [6, 6.07) is 9.64. The normalized spacial score (nSPS) is 10.8. The van der Waals surface area contributed by atoms with Gasteiger partial charge in [-0.05, 0) is 42.8 Å². The maximum absolute atomic E-state index is 11.9. The molecule has 0 unspecified atom stereocenters. The Labute approximate surface area is 132 Å². The van der Waals surface area contributed by atoms with Crippen LogP contribution in [0.15, 0.2) is 41.5 Å². The summed E-state index contributed by atoms with van der Waals surface area (Å²) in [5.74, 6) is -0.413. The number of nitrogens with one attached hydrogen (secondary N) is 1. The molecule has 0 heterocycles. The van der Waals surface area contributed by atoms with Crippen molar-refractivity contribution < 1.29 is 9.90 Å². The predicted octanol–water partition coefficient (Wildman–Crippen LogP) is 3.77. The topological polar surface area (TPSA) is 61.7 Å². The molecule has 0 saturated carbocycles. The Kier molecular flexibility index (Phi) is 4.83. The number of carbonyl (C=O) groups excluding carboxylic acids is 1. The van der Waals surface area contributed by atoms with Gasteiger partial charge < -0.3 is 5.11 Å². The highest BCUT2D eigenvalue weighted by Crippen LogP contribution is 2.20. The average Bonchev–Trinajstić information content (AvgIpc) is 2.42. The summed E-state index contributed by atoms with van der Waals surface area (Å²) >= 11 is 11.8. The first-order valence-corrected chi connectivity index (χ1v) is 6.81. The molecule has 2 rings (SSSR count). The van der Waals surface area contributed by atoms with Crippen molar-refractivity contribution in [2.45, 2.75) is 6.92 Å². The zero-order chi connectivity index (χ0) is 15.4. The van der Waals surface area contributed by atoms with E-state index < -0.39 is 5.91 Å². The standard InChI is InChI=1S/C15H12Cl2N2O2/c1-9-2-4-12(13(17)6-9)15(21)19-18-8-10-7-11(16)3-5-14(10)20/h2-8,20H,1H3,(H,19,21)/b18-8-. The SMILES string of the molecule is Cc1ccc(C(=O)N/N=C\c2cc(Cl)ccc2O)c(Cl)c1.